The van der Waals surface area contributed by atoms with Gasteiger partial charge in [0, 0.05) is 19.3 Å². The Bertz CT molecular complexity index is 904. The largest absolute Gasteiger partial charge is 0.454 e. The van der Waals surface area contributed by atoms with Crippen LogP contribution < -0.4 is 9.64 Å². The van der Waals surface area contributed by atoms with E-state index in [2.05, 4.69) is 31.7 Å². The van der Waals surface area contributed by atoms with Gasteiger partial charge in [0.15, 0.2) is 15.6 Å². The van der Waals surface area contributed by atoms with Crippen molar-refractivity contribution in [3.05, 3.63) is 48.0 Å². The molecule has 0 saturated heterocycles. The monoisotopic (exact) mass is 416 g/mol. The van der Waals surface area contributed by atoms with Crippen molar-refractivity contribution >= 4 is 15.5 Å². The smallest absolute Gasteiger partial charge is 0.179 e. The maximum absolute atomic E-state index is 12.4. The van der Waals surface area contributed by atoms with Crippen LogP contribution in [-0.2, 0) is 9.84 Å². The molecule has 2 aromatic carbocycles. The molecule has 29 heavy (non-hydrogen) atoms. The van der Waals surface area contributed by atoms with E-state index in [1.165, 1.54) is 12.5 Å². The van der Waals surface area contributed by atoms with E-state index in [-0.39, 0.29) is 10.6 Å². The summed E-state index contributed by atoms with van der Waals surface area (Å²) >= 11 is 0. The standard InChI is InChI=1S/C20H24N2O3S.C3H8/c1-4-6-12-22(5-2)18-13-16(15-21)14-19(26(3,23)24)20(18)25-17-10-8-7-9-11-17;1-3-2/h7-11,13-14H,4-6,12H2,1-3H3;3H2,1-2H3. The summed E-state index contributed by atoms with van der Waals surface area (Å²) < 4.78 is 30.8. The summed E-state index contributed by atoms with van der Waals surface area (Å²) in [5, 5.41) is 9.36. The summed E-state index contributed by atoms with van der Waals surface area (Å²) in [5.74, 6) is 0.825. The predicted molar refractivity (Wildman–Crippen MR) is 120 cm³/mol. The summed E-state index contributed by atoms with van der Waals surface area (Å²) in [7, 11) is -3.57. The maximum Gasteiger partial charge on any atom is 0.179 e. The van der Waals surface area contributed by atoms with E-state index in [1.54, 1.807) is 18.2 Å². The molecule has 0 spiro atoms. The van der Waals surface area contributed by atoms with Crippen molar-refractivity contribution in [1.82, 2.24) is 0 Å². The van der Waals surface area contributed by atoms with Crippen LogP contribution in [0.1, 0.15) is 52.5 Å². The van der Waals surface area contributed by atoms with Gasteiger partial charge < -0.3 is 9.64 Å². The summed E-state index contributed by atoms with van der Waals surface area (Å²) in [5.41, 5.74) is 0.931. The lowest BCUT2D eigenvalue weighted by atomic mass is 10.1. The molecule has 0 atom stereocenters. The molecule has 0 fully saturated rings. The average molecular weight is 417 g/mol. The van der Waals surface area contributed by atoms with Crippen molar-refractivity contribution in [3.63, 3.8) is 0 Å². The van der Waals surface area contributed by atoms with Crippen molar-refractivity contribution in [3.8, 4) is 17.6 Å². The van der Waals surface area contributed by atoms with Gasteiger partial charge in [0.25, 0.3) is 0 Å². The molecule has 0 N–H and O–H groups in total. The van der Waals surface area contributed by atoms with E-state index >= 15 is 0 Å². The highest BCUT2D eigenvalue weighted by Gasteiger charge is 2.23. The van der Waals surface area contributed by atoms with E-state index in [4.69, 9.17) is 4.74 Å². The molecule has 0 heterocycles. The highest BCUT2D eigenvalue weighted by molar-refractivity contribution is 7.90. The summed E-state index contributed by atoms with van der Waals surface area (Å²) in [6.07, 6.45) is 4.36. The van der Waals surface area contributed by atoms with E-state index in [9.17, 15) is 13.7 Å². The quantitative estimate of drug-likeness (QED) is 0.544. The van der Waals surface area contributed by atoms with Crippen LogP contribution in [0.4, 0.5) is 5.69 Å². The molecule has 0 unspecified atom stereocenters. The molecule has 0 aliphatic heterocycles. The van der Waals surface area contributed by atoms with Gasteiger partial charge in [-0.15, -0.1) is 0 Å². The molecule has 2 rings (SSSR count). The third-order valence-electron chi connectivity index (χ3n) is 4.03. The summed E-state index contributed by atoms with van der Waals surface area (Å²) in [6, 6.07) is 14.2. The zero-order valence-electron chi connectivity index (χ0n) is 18.1. The Labute approximate surface area is 175 Å². The van der Waals surface area contributed by atoms with Crippen LogP contribution in [0.2, 0.25) is 0 Å². The second-order valence-electron chi connectivity index (χ2n) is 6.76. The number of sulfone groups is 1. The van der Waals surface area contributed by atoms with Crippen molar-refractivity contribution in [2.45, 2.75) is 51.9 Å². The van der Waals surface area contributed by atoms with Crippen LogP contribution in [0.5, 0.6) is 11.5 Å². The summed E-state index contributed by atoms with van der Waals surface area (Å²) in [6.45, 7) is 9.80. The van der Waals surface area contributed by atoms with E-state index < -0.39 is 9.84 Å². The van der Waals surface area contributed by atoms with Gasteiger partial charge in [0.2, 0.25) is 0 Å². The number of rotatable bonds is 8. The Balaban J connectivity index is 0.00000132. The molecule has 158 valence electrons. The normalized spacial score (nSPS) is 10.5. The number of nitrogens with zero attached hydrogens (tertiary/aromatic N) is 2. The van der Waals surface area contributed by atoms with Crippen LogP contribution in [0.3, 0.4) is 0 Å². The Morgan fingerprint density at radius 2 is 1.69 bits per heavy atom. The first-order chi connectivity index (χ1) is 13.8. The Kier molecular flexibility index (Phi) is 10.3. The van der Waals surface area contributed by atoms with Gasteiger partial charge >= 0.3 is 0 Å². The van der Waals surface area contributed by atoms with Crippen LogP contribution >= 0.6 is 0 Å². The van der Waals surface area contributed by atoms with Crippen molar-refractivity contribution < 1.29 is 13.2 Å². The van der Waals surface area contributed by atoms with Gasteiger partial charge in [-0.3, -0.25) is 0 Å². The predicted octanol–water partition coefficient (Wildman–Crippen LogP) is 5.80. The molecule has 0 aromatic heterocycles. The number of benzene rings is 2. The highest BCUT2D eigenvalue weighted by atomic mass is 32.2. The molecule has 0 radical (unpaired) electrons. The molecule has 2 aromatic rings. The number of hydrogen-bond acceptors (Lipinski definition) is 5. The summed E-state index contributed by atoms with van der Waals surface area (Å²) in [4.78, 5) is 2.09. The molecule has 6 heteroatoms. The molecule has 0 aliphatic rings. The number of hydrogen-bond donors (Lipinski definition) is 0. The minimum atomic E-state index is -3.57. The number of unbranched alkanes of at least 4 members (excludes halogenated alkanes) is 1. The molecular formula is C23H32N2O3S. The van der Waals surface area contributed by atoms with Crippen LogP contribution in [0.15, 0.2) is 47.4 Å². The lowest BCUT2D eigenvalue weighted by molar-refractivity contribution is 0.466. The molecule has 0 aliphatic carbocycles. The number of para-hydroxylation sites is 1. The average Bonchev–Trinajstić information content (AvgIpc) is 2.69. The highest BCUT2D eigenvalue weighted by Crippen LogP contribution is 2.39. The fraction of sp³-hybridized carbons (Fsp3) is 0.435. The van der Waals surface area contributed by atoms with Crippen molar-refractivity contribution in [2.24, 2.45) is 0 Å². The first kappa shape index (κ1) is 24.5. The van der Waals surface area contributed by atoms with E-state index in [1.807, 2.05) is 25.1 Å². The van der Waals surface area contributed by atoms with Crippen LogP contribution in [-0.4, -0.2) is 27.8 Å². The van der Waals surface area contributed by atoms with Gasteiger partial charge in [0.1, 0.15) is 10.6 Å². The second kappa shape index (κ2) is 12.1. The third-order valence-corrected chi connectivity index (χ3v) is 5.13. The molecule has 0 amide bonds. The lowest BCUT2D eigenvalue weighted by Gasteiger charge is -2.26. The topological polar surface area (TPSA) is 70.4 Å². The first-order valence-corrected chi connectivity index (χ1v) is 12.0. The van der Waals surface area contributed by atoms with E-state index in [0.29, 0.717) is 23.5 Å². The number of nitriles is 1. The molecular weight excluding hydrogens is 384 g/mol. The molecule has 0 bridgehead atoms. The van der Waals surface area contributed by atoms with Gasteiger partial charge in [-0.05, 0) is 37.6 Å². The number of anilines is 1. The van der Waals surface area contributed by atoms with Gasteiger partial charge in [0.05, 0.1) is 17.3 Å². The Hall–Kier alpha value is -2.52. The van der Waals surface area contributed by atoms with Crippen LogP contribution in [0, 0.1) is 11.3 Å². The zero-order chi connectivity index (χ0) is 21.9. The minimum absolute atomic E-state index is 0.0327. The molecule has 5 nitrogen and oxygen atoms in total. The Morgan fingerprint density at radius 1 is 1.07 bits per heavy atom. The van der Waals surface area contributed by atoms with Gasteiger partial charge in [-0.25, -0.2) is 8.42 Å². The SMILES string of the molecule is CCC.CCCCN(CC)c1cc(C#N)cc(S(C)(=O)=O)c1Oc1ccccc1. The van der Waals surface area contributed by atoms with Crippen molar-refractivity contribution in [2.75, 3.05) is 24.2 Å². The van der Waals surface area contributed by atoms with Gasteiger partial charge in [-0.2, -0.15) is 5.26 Å². The van der Waals surface area contributed by atoms with Crippen LogP contribution in [0.25, 0.3) is 0 Å². The maximum atomic E-state index is 12.4. The zero-order valence-corrected chi connectivity index (χ0v) is 18.9. The fourth-order valence-electron chi connectivity index (χ4n) is 2.67. The minimum Gasteiger partial charge on any atom is -0.454 e. The third kappa shape index (κ3) is 7.43. The first-order valence-electron chi connectivity index (χ1n) is 10.1. The second-order valence-corrected chi connectivity index (χ2v) is 8.75. The fourth-order valence-corrected chi connectivity index (χ4v) is 3.49. The molecule has 0 saturated carbocycles. The van der Waals surface area contributed by atoms with E-state index in [0.717, 1.165) is 25.6 Å². The lowest BCUT2D eigenvalue weighted by Crippen LogP contribution is -2.25. The number of ether oxygens (including phenoxy) is 1. The van der Waals surface area contributed by atoms with Crippen molar-refractivity contribution in [1.29, 1.82) is 5.26 Å². The van der Waals surface area contributed by atoms with Gasteiger partial charge in [-0.1, -0.05) is 51.8 Å². The Morgan fingerprint density at radius 3 is 2.17 bits per heavy atom.